The second kappa shape index (κ2) is 8.14. The predicted molar refractivity (Wildman–Crippen MR) is 115 cm³/mol. The molecule has 0 aliphatic carbocycles. The molecule has 0 fully saturated rings. The number of halogens is 1. The molecule has 0 saturated carbocycles. The summed E-state index contributed by atoms with van der Waals surface area (Å²) in [6.45, 7) is 0.340. The summed E-state index contributed by atoms with van der Waals surface area (Å²) in [5.41, 5.74) is 2.86. The third-order valence-electron chi connectivity index (χ3n) is 4.60. The monoisotopic (exact) mass is 447 g/mol. The van der Waals surface area contributed by atoms with Gasteiger partial charge in [0.05, 0.1) is 22.8 Å². The highest BCUT2D eigenvalue weighted by Gasteiger charge is 2.28. The van der Waals surface area contributed by atoms with Crippen LogP contribution >= 0.6 is 22.9 Å². The van der Waals surface area contributed by atoms with Crippen molar-refractivity contribution in [2.75, 3.05) is 10.8 Å². The van der Waals surface area contributed by atoms with Crippen molar-refractivity contribution in [1.82, 2.24) is 9.71 Å². The normalized spacial score (nSPS) is 13.8. The van der Waals surface area contributed by atoms with Gasteiger partial charge in [0.2, 0.25) is 5.91 Å². The van der Waals surface area contributed by atoms with Crippen LogP contribution < -0.4 is 9.03 Å². The molecule has 9 heteroatoms. The maximum absolute atomic E-state index is 12.8. The number of carbonyl (C=O) groups excluding carboxylic acids is 1. The van der Waals surface area contributed by atoms with Gasteiger partial charge >= 0.3 is 10.2 Å². The molecule has 0 saturated heterocycles. The van der Waals surface area contributed by atoms with E-state index in [4.69, 9.17) is 11.6 Å². The zero-order chi connectivity index (χ0) is 20.4. The maximum Gasteiger partial charge on any atom is 0.326 e. The summed E-state index contributed by atoms with van der Waals surface area (Å²) < 4.78 is 29.0. The Balaban J connectivity index is 1.47. The number of anilines is 1. The Hall–Kier alpha value is -2.42. The molecular formula is C20H18ClN3O3S2. The number of nitrogens with one attached hydrogen (secondary N) is 1. The van der Waals surface area contributed by atoms with Crippen LogP contribution in [-0.4, -0.2) is 25.9 Å². The largest absolute Gasteiger partial charge is 0.326 e. The van der Waals surface area contributed by atoms with Crippen LogP contribution in [0.5, 0.6) is 0 Å². The number of carbonyl (C=O) groups is 1. The van der Waals surface area contributed by atoms with Gasteiger partial charge in [0, 0.05) is 17.5 Å². The fourth-order valence-electron chi connectivity index (χ4n) is 3.29. The minimum Gasteiger partial charge on any atom is -0.274 e. The molecule has 1 aliphatic rings. The van der Waals surface area contributed by atoms with Crippen molar-refractivity contribution in [2.45, 2.75) is 19.3 Å². The van der Waals surface area contributed by atoms with E-state index in [1.54, 1.807) is 23.6 Å². The highest BCUT2D eigenvalue weighted by atomic mass is 35.5. The summed E-state index contributed by atoms with van der Waals surface area (Å²) in [7, 11) is -3.98. The Labute approximate surface area is 178 Å². The van der Waals surface area contributed by atoms with Gasteiger partial charge in [0.15, 0.2) is 0 Å². The van der Waals surface area contributed by atoms with Crippen LogP contribution in [0.15, 0.2) is 53.9 Å². The molecule has 1 amide bonds. The maximum atomic E-state index is 12.8. The first-order valence-corrected chi connectivity index (χ1v) is 11.7. The predicted octanol–water partition coefficient (Wildman–Crippen LogP) is 3.82. The van der Waals surface area contributed by atoms with Gasteiger partial charge in [-0.05, 0) is 30.5 Å². The smallest absolute Gasteiger partial charge is 0.274 e. The Kier molecular flexibility index (Phi) is 5.58. The number of aromatic nitrogens is 1. The van der Waals surface area contributed by atoms with Crippen LogP contribution in [0.4, 0.5) is 5.69 Å². The Bertz CT molecular complexity index is 1160. The van der Waals surface area contributed by atoms with Crippen LogP contribution in [0.2, 0.25) is 5.02 Å². The number of rotatable bonds is 5. The molecule has 29 heavy (non-hydrogen) atoms. The van der Waals surface area contributed by atoms with Crippen molar-refractivity contribution in [3.8, 4) is 10.6 Å². The topological polar surface area (TPSA) is 79.4 Å². The first-order chi connectivity index (χ1) is 13.9. The van der Waals surface area contributed by atoms with E-state index in [2.05, 4.69) is 9.71 Å². The van der Waals surface area contributed by atoms with Crippen LogP contribution in [0, 0.1) is 0 Å². The van der Waals surface area contributed by atoms with Crippen LogP contribution in [0.25, 0.3) is 10.6 Å². The van der Waals surface area contributed by atoms with Gasteiger partial charge in [0.25, 0.3) is 0 Å². The van der Waals surface area contributed by atoms with E-state index < -0.39 is 16.1 Å². The number of fused-ring (bicyclic) bond motifs is 1. The molecule has 0 atom stereocenters. The summed E-state index contributed by atoms with van der Waals surface area (Å²) in [6.07, 6.45) is 1.40. The average molecular weight is 448 g/mol. The molecule has 0 bridgehead atoms. The van der Waals surface area contributed by atoms with Crippen molar-refractivity contribution in [2.24, 2.45) is 0 Å². The number of hydrogen-bond donors (Lipinski definition) is 1. The first kappa shape index (κ1) is 19.9. The Morgan fingerprint density at radius 2 is 1.93 bits per heavy atom. The number of thiazole rings is 1. The summed E-state index contributed by atoms with van der Waals surface area (Å²) in [5, 5.41) is 3.00. The second-order valence-corrected chi connectivity index (χ2v) is 9.50. The average Bonchev–Trinajstić information content (AvgIpc) is 3.15. The van der Waals surface area contributed by atoms with Crippen LogP contribution in [-0.2, 0) is 27.8 Å². The van der Waals surface area contributed by atoms with Crippen LogP contribution in [0.1, 0.15) is 17.7 Å². The zero-order valence-electron chi connectivity index (χ0n) is 15.3. The van der Waals surface area contributed by atoms with Crippen LogP contribution in [0.3, 0.4) is 0 Å². The number of benzene rings is 2. The summed E-state index contributed by atoms with van der Waals surface area (Å²) in [4.78, 5) is 16.8. The lowest BCUT2D eigenvalue weighted by atomic mass is 10.0. The number of amides is 1. The summed E-state index contributed by atoms with van der Waals surface area (Å²) >= 11 is 7.55. The molecule has 0 radical (unpaired) electrons. The van der Waals surface area contributed by atoms with E-state index in [1.807, 2.05) is 30.3 Å². The van der Waals surface area contributed by atoms with Gasteiger partial charge in [-0.15, -0.1) is 11.3 Å². The van der Waals surface area contributed by atoms with E-state index in [1.165, 1.54) is 15.6 Å². The molecule has 2 heterocycles. The minimum absolute atomic E-state index is 0.129. The fourth-order valence-corrected chi connectivity index (χ4v) is 5.71. The minimum atomic E-state index is -3.98. The SMILES string of the molecule is O=C(Cc1csc(-c2ccccc2Cl)n1)NS(=O)(=O)N1CCCc2ccccc21. The summed E-state index contributed by atoms with van der Waals surface area (Å²) in [6, 6.07) is 14.7. The third-order valence-corrected chi connectivity index (χ3v) is 7.30. The van der Waals surface area contributed by atoms with Crippen molar-refractivity contribution in [3.63, 3.8) is 0 Å². The lowest BCUT2D eigenvalue weighted by Crippen LogP contribution is -2.46. The first-order valence-electron chi connectivity index (χ1n) is 9.04. The molecular weight excluding hydrogens is 430 g/mol. The fraction of sp³-hybridized carbons (Fsp3) is 0.200. The molecule has 4 rings (SSSR count). The number of nitrogens with zero attached hydrogens (tertiary/aromatic N) is 2. The van der Waals surface area contributed by atoms with Crippen molar-refractivity contribution in [1.29, 1.82) is 0 Å². The van der Waals surface area contributed by atoms with E-state index in [9.17, 15) is 13.2 Å². The summed E-state index contributed by atoms with van der Waals surface area (Å²) in [5.74, 6) is -0.621. The molecule has 1 N–H and O–H groups in total. The van der Waals surface area contributed by atoms with Gasteiger partial charge in [-0.2, -0.15) is 8.42 Å². The number of aryl methyl sites for hydroxylation is 1. The molecule has 3 aromatic rings. The number of para-hydroxylation sites is 1. The van der Waals surface area contributed by atoms with Crippen molar-refractivity contribution in [3.05, 3.63) is 70.2 Å². The molecule has 2 aromatic carbocycles. The molecule has 150 valence electrons. The highest BCUT2D eigenvalue weighted by molar-refractivity contribution is 7.91. The molecule has 0 spiro atoms. The van der Waals surface area contributed by atoms with Gasteiger partial charge in [-0.3, -0.25) is 9.10 Å². The van der Waals surface area contributed by atoms with Crippen molar-refractivity contribution >= 4 is 44.7 Å². The molecule has 0 unspecified atom stereocenters. The van der Waals surface area contributed by atoms with E-state index in [0.29, 0.717) is 34.4 Å². The lowest BCUT2D eigenvalue weighted by molar-refractivity contribution is -0.118. The zero-order valence-corrected chi connectivity index (χ0v) is 17.7. The van der Waals surface area contributed by atoms with E-state index >= 15 is 0 Å². The standard InChI is InChI=1S/C20H18ClN3O3S2/c21-17-9-3-2-8-16(17)20-22-15(13-28-20)12-19(25)23-29(26,27)24-11-5-7-14-6-1-4-10-18(14)24/h1-4,6,8-10,13H,5,7,11-12H2,(H,23,25). The van der Waals surface area contributed by atoms with Crippen molar-refractivity contribution < 1.29 is 13.2 Å². The van der Waals surface area contributed by atoms with E-state index in [-0.39, 0.29) is 6.42 Å². The number of hydrogen-bond acceptors (Lipinski definition) is 5. The van der Waals surface area contributed by atoms with Gasteiger partial charge < -0.3 is 0 Å². The Morgan fingerprint density at radius 1 is 1.17 bits per heavy atom. The Morgan fingerprint density at radius 3 is 2.76 bits per heavy atom. The van der Waals surface area contributed by atoms with Gasteiger partial charge in [0.1, 0.15) is 5.01 Å². The second-order valence-electron chi connectivity index (χ2n) is 6.64. The van der Waals surface area contributed by atoms with Gasteiger partial charge in [-0.25, -0.2) is 9.71 Å². The van der Waals surface area contributed by atoms with Gasteiger partial charge in [-0.1, -0.05) is 48.0 Å². The quantitative estimate of drug-likeness (QED) is 0.644. The molecule has 1 aromatic heterocycles. The highest BCUT2D eigenvalue weighted by Crippen LogP contribution is 2.30. The molecule has 6 nitrogen and oxygen atoms in total. The molecule has 1 aliphatic heterocycles. The lowest BCUT2D eigenvalue weighted by Gasteiger charge is -2.30. The van der Waals surface area contributed by atoms with E-state index in [0.717, 1.165) is 17.5 Å². The third kappa shape index (κ3) is 4.29.